The minimum absolute atomic E-state index is 0.00660. The average Bonchev–Trinajstić information content (AvgIpc) is 2.99. The molecule has 10 heteroatoms. The summed E-state index contributed by atoms with van der Waals surface area (Å²) in [5, 5.41) is 16.1. The van der Waals surface area contributed by atoms with Crippen molar-refractivity contribution < 1.29 is 18.7 Å². The van der Waals surface area contributed by atoms with Crippen LogP contribution in [0.4, 0.5) is 8.78 Å². The number of nitrogens with zero attached hydrogens (tertiary/aromatic N) is 5. The Bertz CT molecular complexity index is 596. The highest BCUT2D eigenvalue weighted by Crippen LogP contribution is 2.13. The monoisotopic (exact) mass is 286 g/mol. The lowest BCUT2D eigenvalue weighted by Crippen LogP contribution is -2.32. The van der Waals surface area contributed by atoms with Gasteiger partial charge in [-0.15, -0.1) is 5.10 Å². The van der Waals surface area contributed by atoms with Crippen molar-refractivity contribution >= 4 is 5.97 Å². The predicted octanol–water partition coefficient (Wildman–Crippen LogP) is -0.128. The molecule has 0 saturated carbocycles. The summed E-state index contributed by atoms with van der Waals surface area (Å²) >= 11 is 0. The van der Waals surface area contributed by atoms with Gasteiger partial charge >= 0.3 is 12.5 Å². The Hall–Kier alpha value is -2.36. The van der Waals surface area contributed by atoms with Crippen molar-refractivity contribution in [1.82, 2.24) is 24.5 Å². The molecule has 0 radical (unpaired) electrons. The number of carboxylic acid groups (broad SMARTS) is 1. The number of hydrogen-bond acceptors (Lipinski definition) is 5. The van der Waals surface area contributed by atoms with Crippen molar-refractivity contribution in [3.63, 3.8) is 0 Å². The molecule has 0 spiro atoms. The molecule has 0 amide bonds. The van der Waals surface area contributed by atoms with E-state index in [0.717, 1.165) is 6.20 Å². The molecule has 2 heterocycles. The first-order valence-corrected chi connectivity index (χ1v) is 5.64. The van der Waals surface area contributed by atoms with Gasteiger partial charge in [0.1, 0.15) is 18.4 Å². The van der Waals surface area contributed by atoms with Crippen LogP contribution in [0.5, 0.6) is 0 Å². The fourth-order valence-electron chi connectivity index (χ4n) is 1.61. The molecule has 3 N–H and O–H groups in total. The predicted molar refractivity (Wildman–Crippen MR) is 61.9 cm³/mol. The van der Waals surface area contributed by atoms with Gasteiger partial charge in [0.05, 0.1) is 5.69 Å². The molecular formula is C10H12F2N6O2. The molecule has 0 fully saturated rings. The Morgan fingerprint density at radius 3 is 2.90 bits per heavy atom. The molecule has 0 aliphatic carbocycles. The van der Waals surface area contributed by atoms with Crippen LogP contribution < -0.4 is 5.73 Å². The summed E-state index contributed by atoms with van der Waals surface area (Å²) in [6.45, 7) is -2.68. The highest BCUT2D eigenvalue weighted by atomic mass is 19.3. The van der Waals surface area contributed by atoms with E-state index in [9.17, 15) is 13.6 Å². The Kier molecular flexibility index (Phi) is 4.03. The second-order valence-corrected chi connectivity index (χ2v) is 4.08. The first kappa shape index (κ1) is 14.1. The Balaban J connectivity index is 2.06. The van der Waals surface area contributed by atoms with Crippen LogP contribution in [0.3, 0.4) is 0 Å². The number of aromatic nitrogens is 5. The second kappa shape index (κ2) is 5.74. The van der Waals surface area contributed by atoms with Crippen molar-refractivity contribution in [2.24, 2.45) is 5.73 Å². The van der Waals surface area contributed by atoms with Crippen LogP contribution in [0.1, 0.15) is 18.1 Å². The van der Waals surface area contributed by atoms with Crippen molar-refractivity contribution in [3.05, 3.63) is 30.1 Å². The van der Waals surface area contributed by atoms with Crippen LogP contribution in [-0.4, -0.2) is 41.7 Å². The molecule has 20 heavy (non-hydrogen) atoms. The molecule has 8 nitrogen and oxygen atoms in total. The number of halogens is 2. The van der Waals surface area contributed by atoms with Gasteiger partial charge in [0.25, 0.3) is 0 Å². The van der Waals surface area contributed by atoms with Crippen LogP contribution in [0, 0.1) is 0 Å². The van der Waals surface area contributed by atoms with E-state index in [1.54, 1.807) is 0 Å². The quantitative estimate of drug-likeness (QED) is 0.765. The zero-order valence-electron chi connectivity index (χ0n) is 10.2. The highest BCUT2D eigenvalue weighted by Gasteiger charge is 2.16. The molecule has 0 saturated heterocycles. The fraction of sp³-hybridized carbons (Fsp3) is 0.400. The Labute approximate surface area is 111 Å². The SMILES string of the molecule is NC(Cc1cn(Cc2nccn2C(F)F)nn1)C(=O)O. The van der Waals surface area contributed by atoms with Gasteiger partial charge in [-0.05, 0) is 0 Å². The third kappa shape index (κ3) is 3.15. The topological polar surface area (TPSA) is 112 Å². The highest BCUT2D eigenvalue weighted by molar-refractivity contribution is 5.73. The molecule has 2 rings (SSSR count). The summed E-state index contributed by atoms with van der Waals surface area (Å²) in [5.74, 6) is -1.02. The summed E-state index contributed by atoms with van der Waals surface area (Å²) < 4.78 is 27.3. The number of rotatable bonds is 6. The van der Waals surface area contributed by atoms with Crippen LogP contribution >= 0.6 is 0 Å². The summed E-state index contributed by atoms with van der Waals surface area (Å²) in [5.41, 5.74) is 5.74. The van der Waals surface area contributed by atoms with Gasteiger partial charge in [0, 0.05) is 25.0 Å². The van der Waals surface area contributed by atoms with Gasteiger partial charge in [0.2, 0.25) is 0 Å². The maximum absolute atomic E-state index is 12.6. The van der Waals surface area contributed by atoms with Crippen LogP contribution in [0.25, 0.3) is 0 Å². The first-order valence-electron chi connectivity index (χ1n) is 5.64. The van der Waals surface area contributed by atoms with E-state index >= 15 is 0 Å². The normalized spacial score (nSPS) is 12.8. The summed E-state index contributed by atoms with van der Waals surface area (Å²) in [4.78, 5) is 14.4. The molecule has 0 aliphatic heterocycles. The lowest BCUT2D eigenvalue weighted by Gasteiger charge is -2.05. The van der Waals surface area contributed by atoms with Gasteiger partial charge in [-0.1, -0.05) is 5.21 Å². The number of carbonyl (C=O) groups is 1. The minimum atomic E-state index is -2.68. The zero-order chi connectivity index (χ0) is 14.7. The first-order chi connectivity index (χ1) is 9.47. The average molecular weight is 286 g/mol. The van der Waals surface area contributed by atoms with Crippen molar-refractivity contribution in [2.75, 3.05) is 0 Å². The third-order valence-corrected chi connectivity index (χ3v) is 2.59. The smallest absolute Gasteiger partial charge is 0.320 e. The van der Waals surface area contributed by atoms with Crippen LogP contribution in [0.15, 0.2) is 18.6 Å². The molecule has 108 valence electrons. The van der Waals surface area contributed by atoms with E-state index in [0.29, 0.717) is 10.3 Å². The standard InChI is InChI=1S/C10H12F2N6O2/c11-10(12)18-2-1-14-8(18)5-17-4-6(15-16-17)3-7(13)9(19)20/h1-2,4,7,10H,3,5,13H2,(H,19,20). The molecule has 2 aromatic heterocycles. The van der Waals surface area contributed by atoms with Crippen LogP contribution in [-0.2, 0) is 17.8 Å². The fourth-order valence-corrected chi connectivity index (χ4v) is 1.61. The molecule has 0 aliphatic rings. The van der Waals surface area contributed by atoms with Gasteiger partial charge in [0.15, 0.2) is 0 Å². The van der Waals surface area contributed by atoms with Gasteiger partial charge in [-0.25, -0.2) is 9.67 Å². The van der Waals surface area contributed by atoms with Crippen LogP contribution in [0.2, 0.25) is 0 Å². The minimum Gasteiger partial charge on any atom is -0.480 e. The Morgan fingerprint density at radius 2 is 2.25 bits per heavy atom. The van der Waals surface area contributed by atoms with E-state index in [-0.39, 0.29) is 18.8 Å². The maximum Gasteiger partial charge on any atom is 0.320 e. The Morgan fingerprint density at radius 1 is 1.50 bits per heavy atom. The molecule has 1 atom stereocenters. The van der Waals surface area contributed by atoms with E-state index in [4.69, 9.17) is 10.8 Å². The molecule has 0 aromatic carbocycles. The summed E-state index contributed by atoms with van der Waals surface area (Å²) in [7, 11) is 0. The van der Waals surface area contributed by atoms with Gasteiger partial charge < -0.3 is 10.8 Å². The third-order valence-electron chi connectivity index (χ3n) is 2.59. The largest absolute Gasteiger partial charge is 0.480 e. The van der Waals surface area contributed by atoms with Crippen molar-refractivity contribution in [3.8, 4) is 0 Å². The summed E-state index contributed by atoms with van der Waals surface area (Å²) in [6.07, 6.45) is 3.89. The number of alkyl halides is 2. The molecule has 1 unspecified atom stereocenters. The van der Waals surface area contributed by atoms with Crippen molar-refractivity contribution in [2.45, 2.75) is 25.6 Å². The molecule has 0 bridgehead atoms. The number of hydrogen-bond donors (Lipinski definition) is 2. The maximum atomic E-state index is 12.6. The lowest BCUT2D eigenvalue weighted by molar-refractivity contribution is -0.138. The summed E-state index contributed by atoms with van der Waals surface area (Å²) in [6, 6.07) is -1.08. The van der Waals surface area contributed by atoms with E-state index in [2.05, 4.69) is 15.3 Å². The number of imidazole rings is 1. The molecule has 2 aromatic rings. The second-order valence-electron chi connectivity index (χ2n) is 4.08. The zero-order valence-corrected chi connectivity index (χ0v) is 10.2. The number of aliphatic carboxylic acids is 1. The van der Waals surface area contributed by atoms with Gasteiger partial charge in [-0.3, -0.25) is 9.36 Å². The lowest BCUT2D eigenvalue weighted by atomic mass is 10.2. The van der Waals surface area contributed by atoms with E-state index in [1.807, 2.05) is 0 Å². The van der Waals surface area contributed by atoms with E-state index < -0.39 is 18.6 Å². The van der Waals surface area contributed by atoms with Crippen molar-refractivity contribution in [1.29, 1.82) is 0 Å². The number of carboxylic acids is 1. The van der Waals surface area contributed by atoms with E-state index in [1.165, 1.54) is 17.1 Å². The van der Waals surface area contributed by atoms with Gasteiger partial charge in [-0.2, -0.15) is 8.78 Å². The number of nitrogens with two attached hydrogens (primary N) is 1. The molecular weight excluding hydrogens is 274 g/mol.